The number of rotatable bonds is 5. The molecule has 0 atom stereocenters. The molecule has 1 aliphatic rings. The first-order chi connectivity index (χ1) is 15.3. The Hall–Kier alpha value is -3.11. The number of hydrogen-bond acceptors (Lipinski definition) is 5. The van der Waals surface area contributed by atoms with Gasteiger partial charge in [0.25, 0.3) is 5.56 Å². The van der Waals surface area contributed by atoms with Crippen molar-refractivity contribution in [3.8, 4) is 0 Å². The number of sulfonamides is 1. The molecule has 32 heavy (non-hydrogen) atoms. The standard InChI is InChI=1S/C22H23FN4O4S/c23-16-6-8-17(9-7-16)32(30,31)27-13-3-12-26(14-15-27)21(28)11-10-20-24-19-5-2-1-4-18(19)22(29)25-20/h1-2,4-9H,3,10-15H2,(H,24,25,29). The van der Waals surface area contributed by atoms with E-state index in [0.717, 1.165) is 12.1 Å². The lowest BCUT2D eigenvalue weighted by molar-refractivity contribution is -0.131. The second-order valence-corrected chi connectivity index (χ2v) is 9.56. The molecule has 1 saturated heterocycles. The van der Waals surface area contributed by atoms with E-state index in [9.17, 15) is 22.4 Å². The molecule has 1 aromatic heterocycles. The number of benzene rings is 2. The lowest BCUT2D eigenvalue weighted by Gasteiger charge is -2.22. The molecule has 0 spiro atoms. The molecule has 168 valence electrons. The fourth-order valence-corrected chi connectivity index (χ4v) is 5.25. The van der Waals surface area contributed by atoms with Gasteiger partial charge in [-0.25, -0.2) is 17.8 Å². The summed E-state index contributed by atoms with van der Waals surface area (Å²) in [6, 6.07) is 11.7. The van der Waals surface area contributed by atoms with Gasteiger partial charge in [0.2, 0.25) is 15.9 Å². The molecule has 0 saturated carbocycles. The van der Waals surface area contributed by atoms with E-state index in [1.54, 1.807) is 29.2 Å². The van der Waals surface area contributed by atoms with Crippen LogP contribution in [0.2, 0.25) is 0 Å². The van der Waals surface area contributed by atoms with E-state index in [1.807, 2.05) is 0 Å². The molecule has 1 amide bonds. The minimum absolute atomic E-state index is 0.0324. The number of aryl methyl sites for hydroxylation is 1. The van der Waals surface area contributed by atoms with Crippen molar-refractivity contribution in [2.45, 2.75) is 24.2 Å². The Balaban J connectivity index is 1.38. The number of amides is 1. The van der Waals surface area contributed by atoms with Crippen LogP contribution in [0.3, 0.4) is 0 Å². The van der Waals surface area contributed by atoms with Crippen molar-refractivity contribution < 1.29 is 17.6 Å². The zero-order chi connectivity index (χ0) is 22.7. The zero-order valence-corrected chi connectivity index (χ0v) is 18.1. The molecule has 10 heteroatoms. The molecular formula is C22H23FN4O4S. The average molecular weight is 459 g/mol. The van der Waals surface area contributed by atoms with Crippen LogP contribution in [0, 0.1) is 5.82 Å². The maximum absolute atomic E-state index is 13.1. The zero-order valence-electron chi connectivity index (χ0n) is 17.3. The third-order valence-corrected chi connectivity index (χ3v) is 7.41. The molecule has 0 aliphatic carbocycles. The number of aromatic amines is 1. The normalized spacial score (nSPS) is 15.6. The highest BCUT2D eigenvalue weighted by Gasteiger charge is 2.28. The molecule has 0 unspecified atom stereocenters. The Morgan fingerprint density at radius 1 is 1.03 bits per heavy atom. The van der Waals surface area contributed by atoms with Crippen LogP contribution in [0.15, 0.2) is 58.2 Å². The molecule has 0 radical (unpaired) electrons. The van der Waals surface area contributed by atoms with Gasteiger partial charge in [-0.2, -0.15) is 4.31 Å². The van der Waals surface area contributed by atoms with Crippen LogP contribution in [0.25, 0.3) is 10.9 Å². The van der Waals surface area contributed by atoms with E-state index in [0.29, 0.717) is 29.7 Å². The Bertz CT molecular complexity index is 1290. The van der Waals surface area contributed by atoms with Crippen LogP contribution in [0.4, 0.5) is 4.39 Å². The highest BCUT2D eigenvalue weighted by atomic mass is 32.2. The number of hydrogen-bond donors (Lipinski definition) is 1. The van der Waals surface area contributed by atoms with E-state index < -0.39 is 15.8 Å². The maximum Gasteiger partial charge on any atom is 0.258 e. The van der Waals surface area contributed by atoms with Crippen LogP contribution in [-0.2, 0) is 21.2 Å². The van der Waals surface area contributed by atoms with E-state index >= 15 is 0 Å². The highest BCUT2D eigenvalue weighted by molar-refractivity contribution is 7.89. The first-order valence-electron chi connectivity index (χ1n) is 10.4. The van der Waals surface area contributed by atoms with Crippen LogP contribution >= 0.6 is 0 Å². The van der Waals surface area contributed by atoms with Crippen molar-refractivity contribution in [3.05, 3.63) is 70.5 Å². The lowest BCUT2D eigenvalue weighted by Crippen LogP contribution is -2.37. The average Bonchev–Trinajstić information content (AvgIpc) is 3.05. The number of carbonyl (C=O) groups is 1. The molecule has 1 aliphatic heterocycles. The van der Waals surface area contributed by atoms with Gasteiger partial charge in [-0.05, 0) is 42.8 Å². The van der Waals surface area contributed by atoms with Crippen molar-refractivity contribution in [1.29, 1.82) is 0 Å². The fraction of sp³-hybridized carbons (Fsp3) is 0.318. The molecule has 0 bridgehead atoms. The molecule has 1 N–H and O–H groups in total. The summed E-state index contributed by atoms with van der Waals surface area (Å²) in [6.45, 7) is 1.15. The van der Waals surface area contributed by atoms with Crippen molar-refractivity contribution in [2.75, 3.05) is 26.2 Å². The maximum atomic E-state index is 13.1. The number of nitrogens with zero attached hydrogens (tertiary/aromatic N) is 3. The van der Waals surface area contributed by atoms with Gasteiger partial charge in [0.1, 0.15) is 11.6 Å². The SMILES string of the molecule is O=C(CCc1nc2ccccc2c(=O)[nH]1)N1CCCN(S(=O)(=O)c2ccc(F)cc2)CC1. The number of H-pyrrole nitrogens is 1. The topological polar surface area (TPSA) is 103 Å². The minimum atomic E-state index is -3.75. The number of para-hydroxylation sites is 1. The summed E-state index contributed by atoms with van der Waals surface area (Å²) in [7, 11) is -3.75. The summed E-state index contributed by atoms with van der Waals surface area (Å²) in [5, 5.41) is 0.498. The monoisotopic (exact) mass is 458 g/mol. The first kappa shape index (κ1) is 22.1. The predicted molar refractivity (Wildman–Crippen MR) is 117 cm³/mol. The van der Waals surface area contributed by atoms with E-state index in [-0.39, 0.29) is 48.8 Å². The van der Waals surface area contributed by atoms with Gasteiger partial charge in [0, 0.05) is 39.0 Å². The number of halogens is 1. The van der Waals surface area contributed by atoms with Gasteiger partial charge in [0.05, 0.1) is 15.8 Å². The van der Waals surface area contributed by atoms with Crippen LogP contribution < -0.4 is 5.56 Å². The Morgan fingerprint density at radius 2 is 1.78 bits per heavy atom. The van der Waals surface area contributed by atoms with E-state index in [2.05, 4.69) is 9.97 Å². The Morgan fingerprint density at radius 3 is 2.56 bits per heavy atom. The quantitative estimate of drug-likeness (QED) is 0.629. The second-order valence-electron chi connectivity index (χ2n) is 7.62. The second kappa shape index (κ2) is 9.17. The number of carbonyl (C=O) groups excluding carboxylic acids is 1. The minimum Gasteiger partial charge on any atom is -0.341 e. The lowest BCUT2D eigenvalue weighted by atomic mass is 10.2. The summed E-state index contributed by atoms with van der Waals surface area (Å²) in [4.78, 5) is 33.7. The Kier molecular flexibility index (Phi) is 6.33. The summed E-state index contributed by atoms with van der Waals surface area (Å²) < 4.78 is 40.1. The summed E-state index contributed by atoms with van der Waals surface area (Å²) >= 11 is 0. The fourth-order valence-electron chi connectivity index (χ4n) is 3.78. The van der Waals surface area contributed by atoms with Gasteiger partial charge < -0.3 is 9.88 Å². The van der Waals surface area contributed by atoms with Crippen molar-refractivity contribution in [1.82, 2.24) is 19.2 Å². The molecule has 2 aromatic carbocycles. The molecule has 8 nitrogen and oxygen atoms in total. The number of fused-ring (bicyclic) bond motifs is 1. The largest absolute Gasteiger partial charge is 0.341 e. The van der Waals surface area contributed by atoms with E-state index in [1.165, 1.54) is 16.4 Å². The van der Waals surface area contributed by atoms with Crippen molar-refractivity contribution >= 4 is 26.8 Å². The Labute approximate surface area is 184 Å². The van der Waals surface area contributed by atoms with Gasteiger partial charge in [-0.3, -0.25) is 9.59 Å². The molecule has 4 rings (SSSR count). The van der Waals surface area contributed by atoms with Gasteiger partial charge >= 0.3 is 0 Å². The summed E-state index contributed by atoms with van der Waals surface area (Å²) in [5.74, 6) is -0.182. The van der Waals surface area contributed by atoms with Crippen LogP contribution in [0.1, 0.15) is 18.7 Å². The van der Waals surface area contributed by atoms with Gasteiger partial charge in [0.15, 0.2) is 0 Å². The van der Waals surface area contributed by atoms with Gasteiger partial charge in [-0.15, -0.1) is 0 Å². The third kappa shape index (κ3) is 4.71. The summed E-state index contributed by atoms with van der Waals surface area (Å²) in [5.41, 5.74) is 0.338. The highest BCUT2D eigenvalue weighted by Crippen LogP contribution is 2.18. The smallest absolute Gasteiger partial charge is 0.258 e. The predicted octanol–water partition coefficient (Wildman–Crippen LogP) is 1.92. The number of nitrogens with one attached hydrogen (secondary N) is 1. The third-order valence-electron chi connectivity index (χ3n) is 5.50. The van der Waals surface area contributed by atoms with E-state index in [4.69, 9.17) is 0 Å². The molecule has 3 aromatic rings. The van der Waals surface area contributed by atoms with Crippen molar-refractivity contribution in [2.24, 2.45) is 0 Å². The molecule has 2 heterocycles. The first-order valence-corrected chi connectivity index (χ1v) is 11.8. The number of aromatic nitrogens is 2. The van der Waals surface area contributed by atoms with Crippen LogP contribution in [0.5, 0.6) is 0 Å². The molecule has 1 fully saturated rings. The molecular weight excluding hydrogens is 435 g/mol. The van der Waals surface area contributed by atoms with Crippen molar-refractivity contribution in [3.63, 3.8) is 0 Å². The van der Waals surface area contributed by atoms with Crippen LogP contribution in [-0.4, -0.2) is 59.7 Å². The summed E-state index contributed by atoms with van der Waals surface area (Å²) in [6.07, 6.45) is 0.941. The van der Waals surface area contributed by atoms with Gasteiger partial charge in [-0.1, -0.05) is 12.1 Å².